The molecule has 0 spiro atoms. The summed E-state index contributed by atoms with van der Waals surface area (Å²) in [5.74, 6) is 0.0412. The normalized spacial score (nSPS) is 24.2. The molecule has 2 unspecified atom stereocenters. The van der Waals surface area contributed by atoms with Crippen LogP contribution in [0.25, 0.3) is 0 Å². The fourth-order valence-electron chi connectivity index (χ4n) is 2.60. The molecule has 3 N–H and O–H groups in total. The van der Waals surface area contributed by atoms with Gasteiger partial charge in [0, 0.05) is 30.4 Å². The Bertz CT molecular complexity index is 394. The first kappa shape index (κ1) is 13.1. The van der Waals surface area contributed by atoms with Crippen molar-refractivity contribution >= 4 is 5.91 Å². The van der Waals surface area contributed by atoms with E-state index in [4.69, 9.17) is 5.73 Å². The maximum absolute atomic E-state index is 11.9. The van der Waals surface area contributed by atoms with Gasteiger partial charge >= 0.3 is 0 Å². The van der Waals surface area contributed by atoms with Crippen LogP contribution in [-0.4, -0.2) is 27.0 Å². The summed E-state index contributed by atoms with van der Waals surface area (Å²) in [6.45, 7) is 3.74. The van der Waals surface area contributed by atoms with E-state index in [9.17, 15) is 4.79 Å². The van der Waals surface area contributed by atoms with E-state index < -0.39 is 5.54 Å². The van der Waals surface area contributed by atoms with Crippen molar-refractivity contribution in [2.75, 3.05) is 0 Å². The van der Waals surface area contributed by atoms with Gasteiger partial charge in [-0.15, -0.1) is 0 Å². The molecule has 1 aliphatic carbocycles. The third kappa shape index (κ3) is 3.32. The van der Waals surface area contributed by atoms with Gasteiger partial charge in [-0.05, 0) is 33.1 Å². The zero-order chi connectivity index (χ0) is 13.2. The van der Waals surface area contributed by atoms with E-state index >= 15 is 0 Å². The highest BCUT2D eigenvalue weighted by atomic mass is 16.1. The highest BCUT2D eigenvalue weighted by molar-refractivity contribution is 5.77. The molecule has 2 atom stereocenters. The molecule has 0 bridgehead atoms. The van der Waals surface area contributed by atoms with Crippen LogP contribution in [0, 0.1) is 0 Å². The zero-order valence-corrected chi connectivity index (χ0v) is 11.1. The summed E-state index contributed by atoms with van der Waals surface area (Å²) in [5.41, 5.74) is 5.41. The van der Waals surface area contributed by atoms with Crippen LogP contribution in [0.15, 0.2) is 18.7 Å². The monoisotopic (exact) mass is 250 g/mol. The van der Waals surface area contributed by atoms with Crippen molar-refractivity contribution in [3.05, 3.63) is 18.7 Å². The fraction of sp³-hybridized carbons (Fsp3) is 0.692. The molecular weight excluding hydrogens is 228 g/mol. The molecule has 1 amide bonds. The van der Waals surface area contributed by atoms with E-state index in [1.807, 2.05) is 26.4 Å². The lowest BCUT2D eigenvalue weighted by Gasteiger charge is -2.24. The Kier molecular flexibility index (Phi) is 3.71. The Morgan fingerprint density at radius 1 is 1.56 bits per heavy atom. The first-order valence-corrected chi connectivity index (χ1v) is 6.51. The average Bonchev–Trinajstić information content (AvgIpc) is 2.82. The molecule has 0 aromatic carbocycles. The number of nitrogens with one attached hydrogen (secondary N) is 1. The quantitative estimate of drug-likeness (QED) is 0.844. The molecule has 100 valence electrons. The standard InChI is InChI=1S/C13H22N4O/c1-13(2,14)8-12(18)16-10-4-3-5-11(10)17-7-6-15-9-17/h6-7,9-11H,3-5,8,14H2,1-2H3,(H,16,18). The first-order valence-electron chi connectivity index (χ1n) is 6.51. The minimum Gasteiger partial charge on any atom is -0.351 e. The van der Waals surface area contributed by atoms with E-state index in [2.05, 4.69) is 14.9 Å². The Hall–Kier alpha value is -1.36. The van der Waals surface area contributed by atoms with Crippen molar-refractivity contribution in [1.82, 2.24) is 14.9 Å². The number of carbonyl (C=O) groups excluding carboxylic acids is 1. The lowest BCUT2D eigenvalue weighted by molar-refractivity contribution is -0.122. The largest absolute Gasteiger partial charge is 0.351 e. The molecule has 0 saturated heterocycles. The molecule has 5 nitrogen and oxygen atoms in total. The van der Waals surface area contributed by atoms with Gasteiger partial charge in [0.2, 0.25) is 5.91 Å². The molecule has 0 radical (unpaired) electrons. The molecule has 0 aliphatic heterocycles. The number of aromatic nitrogens is 2. The van der Waals surface area contributed by atoms with E-state index in [1.165, 1.54) is 0 Å². The van der Waals surface area contributed by atoms with Gasteiger partial charge in [-0.25, -0.2) is 4.98 Å². The minimum absolute atomic E-state index is 0.0412. The fourth-order valence-corrected chi connectivity index (χ4v) is 2.60. The van der Waals surface area contributed by atoms with E-state index in [0.29, 0.717) is 12.5 Å². The second kappa shape index (κ2) is 5.10. The van der Waals surface area contributed by atoms with Crippen molar-refractivity contribution in [3.8, 4) is 0 Å². The van der Waals surface area contributed by atoms with Crippen LogP contribution in [0.4, 0.5) is 0 Å². The molecule has 1 aromatic rings. The van der Waals surface area contributed by atoms with Crippen molar-refractivity contribution < 1.29 is 4.79 Å². The van der Waals surface area contributed by atoms with E-state index in [1.54, 1.807) is 6.20 Å². The molecule has 1 aliphatic rings. The van der Waals surface area contributed by atoms with Crippen LogP contribution in [0.3, 0.4) is 0 Å². The third-order valence-corrected chi connectivity index (χ3v) is 3.35. The van der Waals surface area contributed by atoms with Gasteiger partial charge in [-0.3, -0.25) is 4.79 Å². The van der Waals surface area contributed by atoms with Gasteiger partial charge in [0.1, 0.15) is 0 Å². The van der Waals surface area contributed by atoms with E-state index in [-0.39, 0.29) is 11.9 Å². The summed E-state index contributed by atoms with van der Waals surface area (Å²) in [6, 6.07) is 0.534. The summed E-state index contributed by atoms with van der Waals surface area (Å²) in [5, 5.41) is 3.11. The predicted molar refractivity (Wildman–Crippen MR) is 69.9 cm³/mol. The summed E-state index contributed by atoms with van der Waals surface area (Å²) in [6.07, 6.45) is 9.18. The van der Waals surface area contributed by atoms with Gasteiger partial charge in [0.15, 0.2) is 0 Å². The molecule has 1 fully saturated rings. The molecule has 1 aromatic heterocycles. The number of amides is 1. The number of carbonyl (C=O) groups is 1. The number of nitrogens with two attached hydrogens (primary N) is 1. The summed E-state index contributed by atoms with van der Waals surface area (Å²) >= 11 is 0. The number of rotatable bonds is 4. The lowest BCUT2D eigenvalue weighted by Crippen LogP contribution is -2.44. The van der Waals surface area contributed by atoms with Gasteiger partial charge in [-0.2, -0.15) is 0 Å². The van der Waals surface area contributed by atoms with E-state index in [0.717, 1.165) is 19.3 Å². The van der Waals surface area contributed by atoms with Crippen LogP contribution in [0.1, 0.15) is 45.6 Å². The first-order chi connectivity index (χ1) is 8.46. The van der Waals surface area contributed by atoms with Crippen LogP contribution in [-0.2, 0) is 4.79 Å². The Morgan fingerprint density at radius 2 is 2.33 bits per heavy atom. The third-order valence-electron chi connectivity index (χ3n) is 3.35. The Balaban J connectivity index is 1.94. The minimum atomic E-state index is -0.451. The van der Waals surface area contributed by atoms with Gasteiger partial charge in [0.05, 0.1) is 12.4 Å². The topological polar surface area (TPSA) is 72.9 Å². The molecule has 18 heavy (non-hydrogen) atoms. The van der Waals surface area contributed by atoms with Gasteiger partial charge in [0.25, 0.3) is 0 Å². The smallest absolute Gasteiger partial charge is 0.222 e. The number of imidazole rings is 1. The van der Waals surface area contributed by atoms with Crippen molar-refractivity contribution in [1.29, 1.82) is 0 Å². The molecule has 2 rings (SSSR count). The van der Waals surface area contributed by atoms with Crippen LogP contribution < -0.4 is 11.1 Å². The Labute approximate surface area is 108 Å². The second-order valence-electron chi connectivity index (χ2n) is 5.85. The van der Waals surface area contributed by atoms with Crippen molar-refractivity contribution in [2.24, 2.45) is 5.73 Å². The van der Waals surface area contributed by atoms with Crippen LogP contribution in [0.5, 0.6) is 0 Å². The maximum Gasteiger partial charge on any atom is 0.222 e. The van der Waals surface area contributed by atoms with Crippen LogP contribution >= 0.6 is 0 Å². The molecule has 1 saturated carbocycles. The molecular formula is C13H22N4O. The number of hydrogen-bond acceptors (Lipinski definition) is 3. The van der Waals surface area contributed by atoms with Gasteiger partial charge < -0.3 is 15.6 Å². The summed E-state index contributed by atoms with van der Waals surface area (Å²) in [4.78, 5) is 16.0. The van der Waals surface area contributed by atoms with Crippen molar-refractivity contribution in [3.63, 3.8) is 0 Å². The second-order valence-corrected chi connectivity index (χ2v) is 5.85. The lowest BCUT2D eigenvalue weighted by atomic mass is 10.0. The summed E-state index contributed by atoms with van der Waals surface area (Å²) in [7, 11) is 0. The highest BCUT2D eigenvalue weighted by Gasteiger charge is 2.30. The van der Waals surface area contributed by atoms with Gasteiger partial charge in [-0.1, -0.05) is 0 Å². The Morgan fingerprint density at radius 3 is 2.94 bits per heavy atom. The predicted octanol–water partition coefficient (Wildman–Crippen LogP) is 1.22. The number of hydrogen-bond donors (Lipinski definition) is 2. The summed E-state index contributed by atoms with van der Waals surface area (Å²) < 4.78 is 2.09. The molecule has 5 heteroatoms. The zero-order valence-electron chi connectivity index (χ0n) is 11.1. The SMILES string of the molecule is CC(C)(N)CC(=O)NC1CCCC1n1ccnc1. The van der Waals surface area contributed by atoms with Crippen molar-refractivity contribution in [2.45, 2.75) is 57.2 Å². The highest BCUT2D eigenvalue weighted by Crippen LogP contribution is 2.30. The van der Waals surface area contributed by atoms with Crippen LogP contribution in [0.2, 0.25) is 0 Å². The average molecular weight is 250 g/mol. The molecule has 1 heterocycles. The maximum atomic E-state index is 11.9. The number of nitrogens with zero attached hydrogens (tertiary/aromatic N) is 2.